The predicted molar refractivity (Wildman–Crippen MR) is 339 cm³/mol. The van der Waals surface area contributed by atoms with Gasteiger partial charge in [0.15, 0.2) is 17.0 Å². The van der Waals surface area contributed by atoms with E-state index in [-0.39, 0.29) is 93.1 Å². The molecular formula is C53H66BrClN16O19S. The summed E-state index contributed by atoms with van der Waals surface area (Å²) >= 11 is 14.3. The molecule has 0 bridgehead atoms. The minimum absolute atomic E-state index is 0. The van der Waals surface area contributed by atoms with Crippen LogP contribution in [0.4, 0.5) is 22.7 Å². The van der Waals surface area contributed by atoms with Gasteiger partial charge in [-0.1, -0.05) is 26.0 Å². The number of aromatic hydroxyl groups is 1. The molecule has 4 aromatic heterocycles. The maximum absolute atomic E-state index is 12.5. The monoisotopic (exact) mass is 1380 g/mol. The molecule has 3 aliphatic rings. The number of carbonyl (C=O) groups excluding carboxylic acids is 4. The van der Waals surface area contributed by atoms with E-state index in [0.29, 0.717) is 12.5 Å². The minimum Gasteiger partial charge on any atom is -0.506 e. The van der Waals surface area contributed by atoms with Gasteiger partial charge in [0.2, 0.25) is 5.91 Å². The summed E-state index contributed by atoms with van der Waals surface area (Å²) in [6, 6.07) is 6.22. The Hall–Kier alpha value is -10.2. The average Bonchev–Trinajstić information content (AvgIpc) is 2.12. The molecular weight excluding hydrogens is 1310 g/mol. The zero-order chi connectivity index (χ0) is 67.1. The van der Waals surface area contributed by atoms with Gasteiger partial charge in [0, 0.05) is 81.7 Å². The highest BCUT2D eigenvalue weighted by molar-refractivity contribution is 9.10. The van der Waals surface area contributed by atoms with Crippen molar-refractivity contribution in [3.05, 3.63) is 150 Å². The number of methoxy groups -OCH3 is 2. The SMILES string of the molecule is C.CC1CN(C)C(=S)N(C)C1.COC(=O)c1c[nH]c(=O)c(N)c1.COC(=O)c1c[nH]c(=O)c([N+](=O)[O-])c1.O=C(O)C[C@H](NC(=O)CNC(=O)c1c[nH]c(=O)c(NC2=NCC(O)CN2)c1)c1cc(Cl)cc(Br)c1O.O=C(O)c1c[nH]c(=O)c(NC2=NCC(O)CN2)c1. The van der Waals surface area contributed by atoms with E-state index in [9.17, 15) is 78.5 Å². The number of aromatic carboxylic acids is 1. The minimum atomic E-state index is -1.24. The first-order chi connectivity index (χ1) is 42.4. The second-order valence-electron chi connectivity index (χ2n) is 19.2. The number of nitrogens with two attached hydrogens (primary N) is 1. The van der Waals surface area contributed by atoms with Gasteiger partial charge in [-0.05, 0) is 64.4 Å². The van der Waals surface area contributed by atoms with Gasteiger partial charge >= 0.3 is 35.1 Å². The summed E-state index contributed by atoms with van der Waals surface area (Å²) in [6.07, 6.45) is 2.84. The lowest BCUT2D eigenvalue weighted by Gasteiger charge is -2.37. The predicted octanol–water partition coefficient (Wildman–Crippen LogP) is 0.330. The number of H-pyrrole nitrogens is 4. The summed E-state index contributed by atoms with van der Waals surface area (Å²) in [5.74, 6) is -4.04. The topological polar surface area (TPSA) is 526 Å². The molecule has 1 aromatic carbocycles. The summed E-state index contributed by atoms with van der Waals surface area (Å²) in [7, 11) is 6.49. The number of esters is 2. The van der Waals surface area contributed by atoms with E-state index in [1.165, 1.54) is 43.6 Å². The van der Waals surface area contributed by atoms with Crippen molar-refractivity contribution >= 4 is 115 Å². The first-order valence-electron chi connectivity index (χ1n) is 26.0. The quantitative estimate of drug-likeness (QED) is 0.0327. The number of aliphatic imine (C=N–C) groups is 2. The Bertz CT molecular complexity index is 3770. The molecule has 0 aliphatic carbocycles. The van der Waals surface area contributed by atoms with Crippen molar-refractivity contribution in [1.82, 2.24) is 51.0 Å². The number of aromatic amines is 4. The molecule has 5 aromatic rings. The summed E-state index contributed by atoms with van der Waals surface area (Å²) in [5.41, 5.74) is 2.66. The van der Waals surface area contributed by atoms with Crippen LogP contribution in [0.3, 0.4) is 0 Å². The summed E-state index contributed by atoms with van der Waals surface area (Å²) in [4.78, 5) is 145. The molecule has 1 fully saturated rings. The highest BCUT2D eigenvalue weighted by atomic mass is 79.9. The normalized spacial score (nSPS) is 15.1. The van der Waals surface area contributed by atoms with Crippen molar-refractivity contribution in [3.8, 4) is 5.75 Å². The van der Waals surface area contributed by atoms with Crippen molar-refractivity contribution in [3.63, 3.8) is 0 Å². The zero-order valence-corrected chi connectivity index (χ0v) is 51.3. The Labute approximate surface area is 533 Å². The molecule has 0 radical (unpaired) electrons. The number of carbonyl (C=O) groups is 6. The number of aromatic nitrogens is 4. The fraction of sp³-hybridized carbons (Fsp3) is 0.340. The number of benzene rings is 1. The fourth-order valence-electron chi connectivity index (χ4n) is 7.69. The highest BCUT2D eigenvalue weighted by Crippen LogP contribution is 2.36. The second kappa shape index (κ2) is 35.7. The number of thiocarbonyl (C=S) groups is 1. The van der Waals surface area contributed by atoms with E-state index in [2.05, 4.69) is 118 Å². The molecule has 0 saturated carbocycles. The number of phenolic OH excluding ortho intramolecular Hbond substituents is 1. The van der Waals surface area contributed by atoms with E-state index in [1.807, 2.05) is 0 Å². The van der Waals surface area contributed by atoms with Crippen LogP contribution in [-0.4, -0.2) is 199 Å². The highest BCUT2D eigenvalue weighted by Gasteiger charge is 2.25. The number of nitrogens with zero attached hydrogens (tertiary/aromatic N) is 5. The van der Waals surface area contributed by atoms with Gasteiger partial charge in [-0.2, -0.15) is 0 Å². The van der Waals surface area contributed by atoms with Gasteiger partial charge < -0.3 is 102 Å². The number of pyridine rings is 4. The van der Waals surface area contributed by atoms with Crippen LogP contribution in [0.25, 0.3) is 0 Å². The average molecular weight is 1380 g/mol. The molecule has 17 N–H and O–H groups in total. The number of nitro groups is 1. The number of aliphatic hydroxyl groups is 2. The molecule has 2 amide bonds. The smallest absolute Gasteiger partial charge is 0.339 e. The Morgan fingerprint density at radius 3 is 1.71 bits per heavy atom. The number of anilines is 3. The maximum atomic E-state index is 12.5. The van der Waals surface area contributed by atoms with Crippen LogP contribution >= 0.6 is 39.7 Å². The summed E-state index contributed by atoms with van der Waals surface area (Å²) < 4.78 is 8.96. The molecule has 0 spiro atoms. The number of halogens is 2. The zero-order valence-electron chi connectivity index (χ0n) is 48.2. The van der Waals surface area contributed by atoms with Crippen LogP contribution < -0.4 is 59.9 Å². The fourth-order valence-corrected chi connectivity index (χ4v) is 8.67. The van der Waals surface area contributed by atoms with Crippen molar-refractivity contribution in [2.75, 3.05) is 90.5 Å². The number of ether oxygens (including phenoxy) is 2. The molecule has 3 aliphatic heterocycles. The third-order valence-corrected chi connectivity index (χ3v) is 13.4. The molecule has 38 heteroatoms. The number of rotatable bonds is 13. The first-order valence-corrected chi connectivity index (χ1v) is 27.6. The number of hydrogen-bond donors (Lipinski definition) is 16. The van der Waals surface area contributed by atoms with Gasteiger partial charge in [-0.25, -0.2) is 14.4 Å². The number of nitrogens with one attached hydrogen (secondary N) is 10. The molecule has 7 heterocycles. The number of β-amino-alcohol motifs (C(OH)–C–C–N with tert-alkyl or cyclic N) is 2. The lowest BCUT2D eigenvalue weighted by molar-refractivity contribution is -0.386. The molecule has 8 rings (SSSR count). The number of hydrogen-bond acceptors (Lipinski definition) is 25. The van der Waals surface area contributed by atoms with E-state index >= 15 is 0 Å². The lowest BCUT2D eigenvalue weighted by atomic mass is 10.0. The van der Waals surface area contributed by atoms with Gasteiger partial charge in [-0.3, -0.25) is 53.7 Å². The number of guanidine groups is 2. The first kappa shape index (κ1) is 75.0. The van der Waals surface area contributed by atoms with Gasteiger partial charge in [0.05, 0.1) is 95.9 Å². The van der Waals surface area contributed by atoms with Crippen molar-refractivity contribution in [2.45, 2.75) is 39.0 Å². The number of aliphatic carboxylic acids is 1. The largest absolute Gasteiger partial charge is 0.506 e. The Morgan fingerprint density at radius 1 is 0.780 bits per heavy atom. The van der Waals surface area contributed by atoms with Crippen LogP contribution in [0, 0.1) is 16.0 Å². The van der Waals surface area contributed by atoms with Crippen molar-refractivity contribution in [2.24, 2.45) is 15.9 Å². The molecule has 2 unspecified atom stereocenters. The second-order valence-corrected chi connectivity index (χ2v) is 20.8. The van der Waals surface area contributed by atoms with Crippen molar-refractivity contribution < 1.29 is 68.7 Å². The number of amides is 2. The number of carboxylic acid groups (broad SMARTS) is 2. The third kappa shape index (κ3) is 23.7. The van der Waals surface area contributed by atoms with Gasteiger partial charge in [0.1, 0.15) is 17.1 Å². The molecule has 91 heavy (non-hydrogen) atoms. The van der Waals surface area contributed by atoms with E-state index in [4.69, 9.17) is 34.7 Å². The van der Waals surface area contributed by atoms with Crippen LogP contribution in [0.1, 0.15) is 73.8 Å². The van der Waals surface area contributed by atoms with Gasteiger partial charge in [0.25, 0.3) is 22.6 Å². The standard InChI is InChI=1S/C21H22BrClN6O7.C10H12N4O4.C7H6N2O5.C7H8N2O3.C7H14N2S.CH4/c22-13-3-10(23)2-12(18(13)34)14(4-17(32)33)28-16(31)8-25-19(35)9-1-15(20(36)24-5-9)29-21-26-6-11(30)7-27-21;15-6-3-12-10(13-4-6)14-7-1-5(9(17)18)2-11-8(7)16;1-14-7(11)4-2-5(9(12)13)6(10)8-3-4;1-12-7(11)4-2-5(8)6(10)9-3-4;1-6-4-8(2)7(10)9(3)5-6;/h1-3,5,11,14,30,34H,4,6-8H2,(H,24,36)(H,25,35)(H,28,31)(H,32,33)(H2,26,27,29);1-2,6,15H,3-4H2,(H,11,16)(H,17,18)(H2,12,13,14);2-3H,1H3,(H,8,10);2-3H,8H2,1H3,(H,9,10);6H,4-5H2,1-3H3;1H4/t14-;;;;;/m0...../s1. The van der Waals surface area contributed by atoms with Crippen LogP contribution in [0.5, 0.6) is 5.75 Å². The Kier molecular flexibility index (Phi) is 29.4. The van der Waals surface area contributed by atoms with Crippen LogP contribution in [0.15, 0.2) is 94.8 Å². The number of aliphatic hydroxyl groups excluding tert-OH is 2. The Morgan fingerprint density at radius 2 is 1.25 bits per heavy atom. The molecule has 3 atom stereocenters. The Balaban J connectivity index is 0.000000327. The number of carboxylic acids is 2. The van der Waals surface area contributed by atoms with E-state index in [0.717, 1.165) is 55.9 Å². The van der Waals surface area contributed by atoms with E-state index < -0.39 is 99.8 Å². The third-order valence-electron chi connectivity index (χ3n) is 12.0. The lowest BCUT2D eigenvalue weighted by Crippen LogP contribution is -2.48. The maximum Gasteiger partial charge on any atom is 0.339 e. The van der Waals surface area contributed by atoms with Crippen LogP contribution in [0.2, 0.25) is 5.02 Å². The summed E-state index contributed by atoms with van der Waals surface area (Å²) in [6.45, 7) is 4.86. The van der Waals surface area contributed by atoms with Gasteiger partial charge in [-0.15, -0.1) is 0 Å². The van der Waals surface area contributed by atoms with E-state index in [1.54, 1.807) is 0 Å². The van der Waals surface area contributed by atoms with Crippen LogP contribution in [-0.2, 0) is 19.1 Å². The summed E-state index contributed by atoms with van der Waals surface area (Å²) in [5, 5.41) is 74.3. The number of nitrogen functional groups attached to an aromatic ring is 1. The molecule has 1 saturated heterocycles. The number of phenols is 1. The van der Waals surface area contributed by atoms with Crippen molar-refractivity contribution in [1.29, 1.82) is 0 Å². The molecule has 492 valence electrons. The molecule has 35 nitrogen and oxygen atoms in total.